The lowest BCUT2D eigenvalue weighted by Gasteiger charge is -2.25. The lowest BCUT2D eigenvalue weighted by molar-refractivity contribution is -0.126. The molecule has 4 heterocycles. The first-order chi connectivity index (χ1) is 57.0. The quantitative estimate of drug-likeness (QED) is 0.0136. The second-order valence-electron chi connectivity index (χ2n) is 27.2. The molecule has 7 rings (SSSR count). The normalized spacial score (nSPS) is 11.5. The van der Waals surface area contributed by atoms with Gasteiger partial charge in [-0.1, -0.05) is 49.7 Å². The van der Waals surface area contributed by atoms with E-state index in [9.17, 15) is 38.4 Å². The van der Waals surface area contributed by atoms with Crippen LogP contribution < -0.4 is 59.3 Å². The van der Waals surface area contributed by atoms with E-state index in [1.807, 2.05) is 48.5 Å². The third-order valence-corrected chi connectivity index (χ3v) is 17.5. The average molecular weight is 1670 g/mol. The maximum atomic E-state index is 13.3. The van der Waals surface area contributed by atoms with E-state index in [2.05, 4.69) is 102 Å². The molecule has 13 N–H and O–H groups in total. The lowest BCUT2D eigenvalue weighted by Crippen LogP contribution is -2.31. The number of ether oxygens (including phenoxy) is 11. The monoisotopic (exact) mass is 1660 g/mol. The molecule has 0 fully saturated rings. The number of carbonyl (C=O) groups is 8. The zero-order chi connectivity index (χ0) is 84.8. The SMILES string of the molecule is Cc1ccc(-c2ccc(C(=O)NCCOCCOCCOCCOCCOCCOCCOCCOCCNC(=O)c3cc(NC(=O)c4nc(NC(=O)CCNC(=O)c5cc(NC(=O)c6nc(NC(=O)CCNC(=O)COCCOCCOCCN=C(N)N)cn6C)cn5C)cn4C)cn3C)cc2)cc1C(CC(C)C)Nc1ccc(Cl)cc1. The van der Waals surface area contributed by atoms with Gasteiger partial charge in [-0.2, -0.15) is 0 Å². The minimum absolute atomic E-state index is 0.00764. The molecule has 0 saturated carbocycles. The number of nitrogens with two attached hydrogens (primary N) is 2. The van der Waals surface area contributed by atoms with Crippen molar-refractivity contribution in [1.82, 2.24) is 49.5 Å². The standard InChI is InChI=1S/C80H113ClN18O19/c1-55(2)46-65(89-61-16-14-60(81)15-17-61)64-47-59(9-8-56(64)3)57-10-12-58(13-11-57)75(103)86-22-25-108-28-31-111-34-36-113-38-40-115-42-43-116-41-39-114-37-35-112-32-29-109-26-23-87-77(105)67-49-63(51-97(67)5)91-79(107)74-95-69(53-99(74)7)93-71(101)19-21-85-76(104)66-48-62(50-96(66)4)90-78(106)73-94-68(52-98(73)6)92-70(100)18-20-84-72(102)54-118-45-44-117-33-30-110-27-24-88-80(82)83/h8-17,47-53,55,65,89H,18-46,54H2,1-7H3,(H,84,102)(H,85,104)(H,86,103)(H,87,105)(H,90,106)(H,91,107)(H,92,100)(H,93,101)(H4,82,83,88). The third kappa shape index (κ3) is 35.6. The molecule has 0 bridgehead atoms. The summed E-state index contributed by atoms with van der Waals surface area (Å²) in [6.07, 6.45) is 6.70. The Hall–Kier alpha value is -10.7. The number of nitrogens with zero attached hydrogens (tertiary/aromatic N) is 7. The smallest absolute Gasteiger partial charge is 0.291 e. The molecule has 37 nitrogen and oxygen atoms in total. The Bertz CT molecular complexity index is 4300. The Kier molecular flexibility index (Phi) is 42.3. The molecule has 4 aromatic heterocycles. The van der Waals surface area contributed by atoms with Gasteiger partial charge in [-0.25, -0.2) is 9.97 Å². The van der Waals surface area contributed by atoms with Crippen LogP contribution in [-0.4, -0.2) is 260 Å². The lowest BCUT2D eigenvalue weighted by atomic mass is 9.90. The highest BCUT2D eigenvalue weighted by Gasteiger charge is 2.23. The van der Waals surface area contributed by atoms with Crippen LogP contribution >= 0.6 is 11.6 Å². The number of nitrogens with one attached hydrogen (secondary N) is 9. The molecule has 118 heavy (non-hydrogen) atoms. The van der Waals surface area contributed by atoms with E-state index >= 15 is 0 Å². The maximum Gasteiger partial charge on any atom is 0.291 e. The van der Waals surface area contributed by atoms with Crippen molar-refractivity contribution in [3.05, 3.63) is 148 Å². The molecule has 0 radical (unpaired) electrons. The summed E-state index contributed by atoms with van der Waals surface area (Å²) in [5, 5.41) is 26.0. The van der Waals surface area contributed by atoms with Gasteiger partial charge in [0, 0.05) is 108 Å². The van der Waals surface area contributed by atoms with Crippen LogP contribution in [0.15, 0.2) is 109 Å². The Morgan fingerprint density at radius 2 is 0.831 bits per heavy atom. The number of carbonyl (C=O) groups excluding carboxylic acids is 8. The van der Waals surface area contributed by atoms with E-state index in [1.165, 1.54) is 55.6 Å². The van der Waals surface area contributed by atoms with Crippen LogP contribution in [0.2, 0.25) is 5.02 Å². The van der Waals surface area contributed by atoms with Gasteiger partial charge in [0.15, 0.2) is 17.6 Å². The fourth-order valence-electron chi connectivity index (χ4n) is 11.4. The largest absolute Gasteiger partial charge is 0.378 e. The van der Waals surface area contributed by atoms with Gasteiger partial charge in [0.25, 0.3) is 29.5 Å². The number of benzene rings is 3. The number of hydrogen-bond donors (Lipinski definition) is 11. The van der Waals surface area contributed by atoms with Crippen LogP contribution in [-0.2, 0) is 94.7 Å². The van der Waals surface area contributed by atoms with Crippen LogP contribution in [0.4, 0.5) is 28.7 Å². The molecule has 0 spiro atoms. The number of anilines is 5. The number of hydrogen-bond acceptors (Lipinski definition) is 23. The molecular formula is C80H113ClN18O19. The Labute approximate surface area is 691 Å². The fourth-order valence-corrected chi connectivity index (χ4v) is 11.5. The summed E-state index contributed by atoms with van der Waals surface area (Å²) in [7, 11) is 6.39. The van der Waals surface area contributed by atoms with Crippen molar-refractivity contribution >= 4 is 93.5 Å². The summed E-state index contributed by atoms with van der Waals surface area (Å²) in [5.74, 6) is -3.14. The van der Waals surface area contributed by atoms with Crippen molar-refractivity contribution in [2.24, 2.45) is 50.6 Å². The number of amides is 8. The zero-order valence-corrected chi connectivity index (χ0v) is 68.9. The molecular weight excluding hydrogens is 1550 g/mol. The van der Waals surface area contributed by atoms with Gasteiger partial charge < -0.3 is 130 Å². The van der Waals surface area contributed by atoms with E-state index in [0.29, 0.717) is 154 Å². The molecule has 0 aliphatic carbocycles. The third-order valence-electron chi connectivity index (χ3n) is 17.2. The number of halogens is 1. The van der Waals surface area contributed by atoms with Gasteiger partial charge >= 0.3 is 0 Å². The van der Waals surface area contributed by atoms with Crippen molar-refractivity contribution in [2.75, 3.05) is 205 Å². The fraction of sp³-hybridized carbons (Fsp3) is 0.487. The van der Waals surface area contributed by atoms with Crippen molar-refractivity contribution in [3.63, 3.8) is 0 Å². The minimum atomic E-state index is -0.632. The van der Waals surface area contributed by atoms with Crippen LogP contribution in [0.5, 0.6) is 0 Å². The summed E-state index contributed by atoms with van der Waals surface area (Å²) in [4.78, 5) is 116. The summed E-state index contributed by atoms with van der Waals surface area (Å²) in [6.45, 7) is 14.8. The number of guanidine groups is 1. The minimum Gasteiger partial charge on any atom is -0.378 e. The number of aromatic nitrogens is 6. The van der Waals surface area contributed by atoms with Crippen molar-refractivity contribution in [1.29, 1.82) is 0 Å². The Morgan fingerprint density at radius 3 is 1.28 bits per heavy atom. The molecule has 8 amide bonds. The maximum absolute atomic E-state index is 13.3. The molecule has 1 unspecified atom stereocenters. The number of imidazole rings is 2. The van der Waals surface area contributed by atoms with E-state index in [-0.39, 0.29) is 117 Å². The number of aliphatic imine (C=N–C) groups is 1. The molecule has 0 saturated heterocycles. The molecule has 3 aromatic carbocycles. The molecule has 7 aromatic rings. The average Bonchev–Trinajstić information content (AvgIpc) is 1.12. The highest BCUT2D eigenvalue weighted by Crippen LogP contribution is 2.33. The topological polar surface area (TPSA) is 456 Å². The van der Waals surface area contributed by atoms with Gasteiger partial charge in [-0.3, -0.25) is 43.3 Å². The molecule has 38 heteroatoms. The van der Waals surface area contributed by atoms with Gasteiger partial charge in [-0.15, -0.1) is 0 Å². The van der Waals surface area contributed by atoms with E-state index in [1.54, 1.807) is 39.0 Å². The summed E-state index contributed by atoms with van der Waals surface area (Å²) in [6, 6.07) is 25.0. The van der Waals surface area contributed by atoms with Crippen LogP contribution in [0.3, 0.4) is 0 Å². The van der Waals surface area contributed by atoms with Gasteiger partial charge in [0.1, 0.15) is 18.0 Å². The van der Waals surface area contributed by atoms with Crippen molar-refractivity contribution in [2.45, 2.75) is 46.1 Å². The summed E-state index contributed by atoms with van der Waals surface area (Å²) >= 11 is 6.15. The molecule has 0 aliphatic rings. The number of rotatable bonds is 59. The van der Waals surface area contributed by atoms with Crippen molar-refractivity contribution in [3.8, 4) is 11.1 Å². The number of aryl methyl sites for hydroxylation is 5. The van der Waals surface area contributed by atoms with Crippen LogP contribution in [0.25, 0.3) is 11.1 Å². The first-order valence-corrected chi connectivity index (χ1v) is 39.2. The first-order valence-electron chi connectivity index (χ1n) is 38.9. The van der Waals surface area contributed by atoms with Gasteiger partial charge in [-0.05, 0) is 96.1 Å². The van der Waals surface area contributed by atoms with E-state index in [4.69, 9.17) is 75.2 Å². The highest BCUT2D eigenvalue weighted by atomic mass is 35.5. The Morgan fingerprint density at radius 1 is 0.424 bits per heavy atom. The summed E-state index contributed by atoms with van der Waals surface area (Å²) < 4.78 is 66.5. The van der Waals surface area contributed by atoms with Gasteiger partial charge in [0.05, 0.1) is 163 Å². The zero-order valence-electron chi connectivity index (χ0n) is 68.1. The predicted molar refractivity (Wildman–Crippen MR) is 443 cm³/mol. The molecule has 1 atom stereocenters. The van der Waals surface area contributed by atoms with Crippen LogP contribution in [0, 0.1) is 12.8 Å². The Balaban J connectivity index is 0.624. The van der Waals surface area contributed by atoms with Crippen molar-refractivity contribution < 1.29 is 90.5 Å². The highest BCUT2D eigenvalue weighted by molar-refractivity contribution is 6.30. The molecule has 0 aliphatic heterocycles. The first kappa shape index (κ1) is 94.5. The van der Waals surface area contributed by atoms with Crippen LogP contribution in [0.1, 0.15) is 103 Å². The predicted octanol–water partition coefficient (Wildman–Crippen LogP) is 4.98. The second kappa shape index (κ2) is 52.9. The molecule has 644 valence electrons. The van der Waals surface area contributed by atoms with E-state index in [0.717, 1.165) is 23.2 Å². The van der Waals surface area contributed by atoms with E-state index < -0.39 is 41.4 Å². The summed E-state index contributed by atoms with van der Waals surface area (Å²) in [5.41, 5.74) is 17.7. The second-order valence-corrected chi connectivity index (χ2v) is 27.6. The van der Waals surface area contributed by atoms with Gasteiger partial charge in [0.2, 0.25) is 29.4 Å².